The lowest BCUT2D eigenvalue weighted by Crippen LogP contribution is -2.50. The van der Waals surface area contributed by atoms with Gasteiger partial charge in [-0.1, -0.05) is 55.5 Å². The molecular weight excluding hydrogens is 524 g/mol. The SMILES string of the molecule is COC(=O)c1sc(-c2ccccc2)cc1N(C(=O)C1CCC(C)CC1)C1CCN(OC(=O)c2ccccc2)CC1. The molecule has 0 N–H and O–H groups in total. The smallest absolute Gasteiger partial charge is 0.357 e. The molecule has 0 spiro atoms. The normalized spacial score (nSPS) is 20.1. The van der Waals surface area contributed by atoms with Crippen molar-refractivity contribution in [3.8, 4) is 10.4 Å². The van der Waals surface area contributed by atoms with Crippen molar-refractivity contribution >= 4 is 34.9 Å². The molecule has 1 amide bonds. The Balaban J connectivity index is 1.42. The zero-order chi connectivity index (χ0) is 28.1. The Hall–Kier alpha value is -3.49. The van der Waals surface area contributed by atoms with E-state index in [1.54, 1.807) is 17.2 Å². The van der Waals surface area contributed by atoms with Gasteiger partial charge in [0.1, 0.15) is 4.88 Å². The van der Waals surface area contributed by atoms with Gasteiger partial charge in [-0.2, -0.15) is 0 Å². The zero-order valence-corrected chi connectivity index (χ0v) is 23.9. The zero-order valence-electron chi connectivity index (χ0n) is 23.1. The number of carbonyl (C=O) groups excluding carboxylic acids is 3. The van der Waals surface area contributed by atoms with Crippen molar-refractivity contribution < 1.29 is 24.0 Å². The maximum Gasteiger partial charge on any atom is 0.357 e. The Kier molecular flexibility index (Phi) is 8.97. The first-order valence-electron chi connectivity index (χ1n) is 14.1. The molecule has 1 aliphatic heterocycles. The number of thiophene rings is 1. The summed E-state index contributed by atoms with van der Waals surface area (Å²) in [5, 5.41) is 1.68. The van der Waals surface area contributed by atoms with Gasteiger partial charge in [-0.05, 0) is 68.2 Å². The topological polar surface area (TPSA) is 76.2 Å². The van der Waals surface area contributed by atoms with Gasteiger partial charge in [0.2, 0.25) is 5.91 Å². The van der Waals surface area contributed by atoms with Gasteiger partial charge in [-0.15, -0.1) is 16.4 Å². The standard InChI is InChI=1S/C32H36N2O5S/c1-22-13-15-24(16-14-22)30(35)34(26-17-19-33(20-18-26)39-31(36)25-11-7-4-8-12-25)27-21-28(23-9-5-3-6-10-23)40-29(27)32(37)38-2/h3-12,21-22,24,26H,13-20H2,1-2H3. The molecule has 40 heavy (non-hydrogen) atoms. The molecule has 1 saturated heterocycles. The van der Waals surface area contributed by atoms with E-state index in [1.807, 2.05) is 59.5 Å². The van der Waals surface area contributed by atoms with Crippen molar-refractivity contribution in [2.45, 2.75) is 51.5 Å². The van der Waals surface area contributed by atoms with Crippen LogP contribution in [0.4, 0.5) is 5.69 Å². The van der Waals surface area contributed by atoms with Crippen LogP contribution in [0, 0.1) is 11.8 Å². The van der Waals surface area contributed by atoms with Crippen molar-refractivity contribution in [1.82, 2.24) is 5.06 Å². The molecule has 8 heteroatoms. The number of nitrogens with zero attached hydrogens (tertiary/aromatic N) is 2. The van der Waals surface area contributed by atoms with Gasteiger partial charge in [0, 0.05) is 29.9 Å². The molecule has 0 unspecified atom stereocenters. The van der Waals surface area contributed by atoms with Crippen LogP contribution in [0.15, 0.2) is 66.7 Å². The van der Waals surface area contributed by atoms with Gasteiger partial charge in [0.25, 0.3) is 0 Å². The number of hydroxylamine groups is 2. The Morgan fingerprint density at radius 1 is 0.850 bits per heavy atom. The van der Waals surface area contributed by atoms with E-state index in [1.165, 1.54) is 18.4 Å². The Morgan fingerprint density at radius 2 is 1.48 bits per heavy atom. The van der Waals surface area contributed by atoms with Gasteiger partial charge < -0.3 is 14.5 Å². The van der Waals surface area contributed by atoms with Crippen LogP contribution < -0.4 is 4.90 Å². The van der Waals surface area contributed by atoms with Crippen LogP contribution in [0.1, 0.15) is 65.5 Å². The second-order valence-electron chi connectivity index (χ2n) is 10.8. The van der Waals surface area contributed by atoms with E-state index in [-0.39, 0.29) is 23.8 Å². The van der Waals surface area contributed by atoms with Crippen molar-refractivity contribution in [2.24, 2.45) is 11.8 Å². The summed E-state index contributed by atoms with van der Waals surface area (Å²) < 4.78 is 5.17. The molecule has 1 saturated carbocycles. The number of amides is 1. The predicted molar refractivity (Wildman–Crippen MR) is 156 cm³/mol. The molecule has 2 aromatic carbocycles. The molecule has 2 heterocycles. The maximum absolute atomic E-state index is 14.2. The lowest BCUT2D eigenvalue weighted by molar-refractivity contribution is -0.129. The van der Waals surface area contributed by atoms with Gasteiger partial charge in [-0.3, -0.25) is 4.79 Å². The number of anilines is 1. The number of carbonyl (C=O) groups is 3. The van der Waals surface area contributed by atoms with E-state index in [9.17, 15) is 14.4 Å². The first-order chi connectivity index (χ1) is 19.4. The summed E-state index contributed by atoms with van der Waals surface area (Å²) in [6.07, 6.45) is 5.00. The molecular formula is C32H36N2O5S. The lowest BCUT2D eigenvalue weighted by atomic mass is 9.82. The van der Waals surface area contributed by atoms with Crippen LogP contribution in [-0.4, -0.2) is 49.2 Å². The highest BCUT2D eigenvalue weighted by Gasteiger charge is 2.38. The quantitative estimate of drug-likeness (QED) is 0.303. The molecule has 0 bridgehead atoms. The second kappa shape index (κ2) is 12.8. The maximum atomic E-state index is 14.2. The molecule has 7 nitrogen and oxygen atoms in total. The van der Waals surface area contributed by atoms with Crippen molar-refractivity contribution in [3.63, 3.8) is 0 Å². The number of benzene rings is 2. The van der Waals surface area contributed by atoms with Gasteiger partial charge >= 0.3 is 11.9 Å². The third-order valence-electron chi connectivity index (χ3n) is 8.01. The van der Waals surface area contributed by atoms with Crippen LogP contribution in [-0.2, 0) is 14.4 Å². The number of hydrogen-bond donors (Lipinski definition) is 0. The number of piperidine rings is 1. The summed E-state index contributed by atoms with van der Waals surface area (Å²) >= 11 is 1.36. The van der Waals surface area contributed by atoms with Crippen LogP contribution in [0.2, 0.25) is 0 Å². The molecule has 0 radical (unpaired) electrons. The van der Waals surface area contributed by atoms with E-state index < -0.39 is 5.97 Å². The molecule has 3 aromatic rings. The first-order valence-corrected chi connectivity index (χ1v) is 14.9. The Morgan fingerprint density at radius 3 is 2.10 bits per heavy atom. The summed E-state index contributed by atoms with van der Waals surface area (Å²) in [6.45, 7) is 3.24. The summed E-state index contributed by atoms with van der Waals surface area (Å²) in [6, 6.07) is 20.7. The first kappa shape index (κ1) is 28.1. The minimum Gasteiger partial charge on any atom is -0.465 e. The molecule has 2 aliphatic rings. The highest BCUT2D eigenvalue weighted by atomic mass is 32.1. The summed E-state index contributed by atoms with van der Waals surface area (Å²) in [5.41, 5.74) is 2.12. The van der Waals surface area contributed by atoms with E-state index >= 15 is 0 Å². The van der Waals surface area contributed by atoms with Crippen molar-refractivity contribution in [2.75, 3.05) is 25.1 Å². The van der Waals surface area contributed by atoms with Crippen LogP contribution in [0.3, 0.4) is 0 Å². The lowest BCUT2D eigenvalue weighted by Gasteiger charge is -2.40. The van der Waals surface area contributed by atoms with E-state index in [4.69, 9.17) is 9.57 Å². The van der Waals surface area contributed by atoms with Gasteiger partial charge in [0.05, 0.1) is 18.4 Å². The van der Waals surface area contributed by atoms with E-state index in [0.717, 1.165) is 36.1 Å². The fourth-order valence-electron chi connectivity index (χ4n) is 5.68. The third kappa shape index (κ3) is 6.29. The predicted octanol–water partition coefficient (Wildman–Crippen LogP) is 6.60. The number of rotatable bonds is 7. The van der Waals surface area contributed by atoms with Gasteiger partial charge in [-0.25, -0.2) is 9.59 Å². The summed E-state index contributed by atoms with van der Waals surface area (Å²) in [5.74, 6) is -0.200. The minimum absolute atomic E-state index is 0.0734. The van der Waals surface area contributed by atoms with Crippen LogP contribution >= 0.6 is 11.3 Å². The minimum atomic E-state index is -0.438. The largest absolute Gasteiger partial charge is 0.465 e. The average Bonchev–Trinajstić information content (AvgIpc) is 3.44. The fraction of sp³-hybridized carbons (Fsp3) is 0.406. The average molecular weight is 561 g/mol. The number of hydrogen-bond acceptors (Lipinski definition) is 7. The number of esters is 1. The molecule has 210 valence electrons. The van der Waals surface area contributed by atoms with Crippen molar-refractivity contribution in [3.05, 3.63) is 77.2 Å². The molecule has 1 aliphatic carbocycles. The second-order valence-corrected chi connectivity index (χ2v) is 11.8. The molecule has 2 fully saturated rings. The monoisotopic (exact) mass is 560 g/mol. The summed E-state index contributed by atoms with van der Waals surface area (Å²) in [4.78, 5) is 48.7. The number of methoxy groups -OCH3 is 1. The highest BCUT2D eigenvalue weighted by molar-refractivity contribution is 7.18. The third-order valence-corrected chi connectivity index (χ3v) is 9.17. The molecule has 1 aromatic heterocycles. The fourth-order valence-corrected chi connectivity index (χ4v) is 6.75. The Labute approximate surface area is 239 Å². The molecule has 0 atom stereocenters. The number of ether oxygens (including phenoxy) is 1. The van der Waals surface area contributed by atoms with Gasteiger partial charge in [0.15, 0.2) is 0 Å². The van der Waals surface area contributed by atoms with Crippen LogP contribution in [0.25, 0.3) is 10.4 Å². The summed E-state index contributed by atoms with van der Waals surface area (Å²) in [7, 11) is 1.38. The molecule has 5 rings (SSSR count). The van der Waals surface area contributed by atoms with E-state index in [2.05, 4.69) is 6.92 Å². The van der Waals surface area contributed by atoms with Crippen molar-refractivity contribution in [1.29, 1.82) is 0 Å². The van der Waals surface area contributed by atoms with Crippen LogP contribution in [0.5, 0.6) is 0 Å². The highest BCUT2D eigenvalue weighted by Crippen LogP contribution is 2.41. The van der Waals surface area contributed by atoms with E-state index in [0.29, 0.717) is 48.0 Å². The Bertz CT molecular complexity index is 1310.